The van der Waals surface area contributed by atoms with E-state index in [4.69, 9.17) is 86.2 Å². The summed E-state index contributed by atoms with van der Waals surface area (Å²) in [7, 11) is -4.76. The number of aldehydes is 1. The molecule has 40 nitrogen and oxygen atoms in total. The third-order valence-corrected chi connectivity index (χ3v) is 24.7. The molecule has 11 fully saturated rings. The molecule has 7 saturated carbocycles. The Morgan fingerprint density at radius 3 is 1.42 bits per heavy atom. The van der Waals surface area contributed by atoms with Gasteiger partial charge in [0.15, 0.2) is 0 Å². The Kier molecular flexibility index (Phi) is 52.6. The van der Waals surface area contributed by atoms with Crippen molar-refractivity contribution < 1.29 is 99.6 Å². The smallest absolute Gasteiger partial charge is 0.418 e. The van der Waals surface area contributed by atoms with Gasteiger partial charge >= 0.3 is 63.4 Å². The first-order chi connectivity index (χ1) is 60.3. The molecule has 6 heterocycles. The highest BCUT2D eigenvalue weighted by atomic mass is 35.5. The van der Waals surface area contributed by atoms with Gasteiger partial charge in [-0.1, -0.05) is 84.5 Å². The molecule has 44 heteroatoms. The van der Waals surface area contributed by atoms with E-state index >= 15 is 0 Å². The summed E-state index contributed by atoms with van der Waals surface area (Å²) < 4.78 is 55.1. The first kappa shape index (κ1) is 114. The minimum absolute atomic E-state index is 0. The third kappa shape index (κ3) is 39.8. The van der Waals surface area contributed by atoms with Crippen molar-refractivity contribution in [3.63, 3.8) is 0 Å². The minimum atomic E-state index is -4.76. The molecule has 726 valence electrons. The van der Waals surface area contributed by atoms with Crippen LogP contribution in [0.3, 0.4) is 0 Å². The quantitative estimate of drug-likeness (QED) is 0.00502. The number of aliphatic hydroxyl groups is 1. The molecule has 128 heavy (non-hydrogen) atoms. The summed E-state index contributed by atoms with van der Waals surface area (Å²) in [5.74, 6) is 26.9. The number of hydrogen-bond donors (Lipinski definition) is 10. The molecule has 0 spiro atoms. The van der Waals surface area contributed by atoms with Crippen LogP contribution >= 0.6 is 35.3 Å². The van der Waals surface area contributed by atoms with Crippen LogP contribution in [0.25, 0.3) is 0 Å². The van der Waals surface area contributed by atoms with Gasteiger partial charge in [0.25, 0.3) is 0 Å². The molecule has 0 unspecified atom stereocenters. The monoisotopic (exact) mass is 1890 g/mol. The van der Waals surface area contributed by atoms with Gasteiger partial charge in [-0.3, -0.25) is 46.3 Å². The lowest BCUT2D eigenvalue weighted by Crippen LogP contribution is -2.47. The zero-order valence-corrected chi connectivity index (χ0v) is 78.2. The number of halogens is 3. The van der Waals surface area contributed by atoms with E-state index in [0.29, 0.717) is 138 Å². The van der Waals surface area contributed by atoms with Gasteiger partial charge in [-0.2, -0.15) is 18.5 Å². The van der Waals surface area contributed by atoms with E-state index in [2.05, 4.69) is 89.9 Å². The van der Waals surface area contributed by atoms with Gasteiger partial charge in [0.1, 0.15) is 25.0 Å². The van der Waals surface area contributed by atoms with Gasteiger partial charge in [-0.25, -0.2) is 50.0 Å². The Hall–Kier alpha value is -8.30. The Labute approximate surface area is 764 Å². The van der Waals surface area contributed by atoms with Crippen molar-refractivity contribution >= 4 is 99.8 Å². The summed E-state index contributed by atoms with van der Waals surface area (Å²) in [5, 5.41) is 27.8. The number of aliphatic hydroxyl groups excluding tert-OH is 1. The number of rotatable bonds is 27. The first-order valence-electron chi connectivity index (χ1n) is 43.8. The number of hydroxylamine groups is 4. The molecular formula is C84H139Cl3N16O24S. The fraction of sp³-hybridized carbons (Fsp3) is 0.714. The van der Waals surface area contributed by atoms with Crippen LogP contribution in [-0.4, -0.2) is 189 Å². The number of esters is 3. The molecule has 4 aliphatic heterocycles. The summed E-state index contributed by atoms with van der Waals surface area (Å²) in [6.45, 7) is 24.9. The van der Waals surface area contributed by atoms with Crippen LogP contribution < -0.4 is 57.0 Å². The molecule has 4 saturated heterocycles. The van der Waals surface area contributed by atoms with E-state index in [1.54, 1.807) is 13.0 Å². The number of benzene rings is 1. The average Bonchev–Trinajstić information content (AvgIpc) is 1.62. The summed E-state index contributed by atoms with van der Waals surface area (Å²) in [5.41, 5.74) is 7.55. The number of aliphatic carboxylic acids is 1. The molecule has 1 aromatic carbocycles. The Bertz CT molecular complexity index is 4090. The lowest BCUT2D eigenvalue weighted by atomic mass is 9.74. The number of urea groups is 2. The number of carboxylic acid groups (broad SMARTS) is 1. The van der Waals surface area contributed by atoms with Crippen LogP contribution in [0.2, 0.25) is 0 Å². The average molecular weight is 1900 g/mol. The van der Waals surface area contributed by atoms with Gasteiger partial charge in [-0.05, 0) is 239 Å². The largest absolute Gasteiger partial charge is 0.480 e. The molecule has 6 amide bonds. The maximum Gasteiger partial charge on any atom is 0.418 e. The van der Waals surface area contributed by atoms with Crippen molar-refractivity contribution in [1.82, 2.24) is 53.2 Å². The zero-order chi connectivity index (χ0) is 94.8. The Morgan fingerprint density at radius 2 is 1.02 bits per heavy atom. The molecule has 7 aliphatic carbocycles. The van der Waals surface area contributed by atoms with Crippen molar-refractivity contribution in [2.75, 3.05) is 39.5 Å². The van der Waals surface area contributed by atoms with Crippen LogP contribution in [0.4, 0.5) is 9.59 Å². The number of amides is 6. The number of aryl methyl sites for hydroxylation is 1. The predicted molar refractivity (Wildman–Crippen MR) is 476 cm³/mol. The number of hydrogen-bond acceptors (Lipinski definition) is 28. The predicted octanol–water partition coefficient (Wildman–Crippen LogP) is 8.18. The van der Waals surface area contributed by atoms with Crippen LogP contribution in [0.15, 0.2) is 73.9 Å². The normalized spacial score (nSPS) is 26.4. The second-order valence-corrected chi connectivity index (χ2v) is 36.4. The van der Waals surface area contributed by atoms with Crippen molar-refractivity contribution in [1.29, 1.82) is 0 Å². The maximum atomic E-state index is 12.4. The molecule has 4 bridgehead atoms. The van der Waals surface area contributed by atoms with Crippen LogP contribution in [0.5, 0.6) is 0 Å². The maximum absolute atomic E-state index is 12.4. The fourth-order valence-electron chi connectivity index (χ4n) is 16.5. The highest BCUT2D eigenvalue weighted by molar-refractivity contribution is 7.80. The van der Waals surface area contributed by atoms with E-state index in [1.807, 2.05) is 50.3 Å². The number of nitrogens with two attached hydrogens (primary N) is 5. The summed E-state index contributed by atoms with van der Waals surface area (Å²) in [4.78, 5) is 140. The summed E-state index contributed by atoms with van der Waals surface area (Å²) in [6.07, 6.45) is 31.4. The van der Waals surface area contributed by atoms with E-state index in [1.165, 1.54) is 79.1 Å². The van der Waals surface area contributed by atoms with Crippen molar-refractivity contribution in [3.8, 4) is 0 Å². The van der Waals surface area contributed by atoms with Gasteiger partial charge in [0, 0.05) is 105 Å². The van der Waals surface area contributed by atoms with Crippen molar-refractivity contribution in [2.45, 2.75) is 266 Å². The molecule has 4 atom stereocenters. The molecular weight excluding hydrogens is 1760 g/mol. The molecule has 0 radical (unpaired) electrons. The van der Waals surface area contributed by atoms with Gasteiger partial charge in [0.05, 0.1) is 31.9 Å². The molecule has 11 aliphatic rings. The van der Waals surface area contributed by atoms with Gasteiger partial charge in [0.2, 0.25) is 23.6 Å². The Morgan fingerprint density at radius 1 is 0.586 bits per heavy atom. The molecule has 2 aromatic heterocycles. The lowest BCUT2D eigenvalue weighted by molar-refractivity contribution is -0.144. The number of fused-ring (bicyclic) bond motifs is 4. The van der Waals surface area contributed by atoms with E-state index in [-0.39, 0.29) is 66.1 Å². The number of carbonyl (C=O) groups is 9. The number of carboxylic acids is 1. The second kappa shape index (κ2) is 59.2. The number of aromatic nitrogens is 5. The van der Waals surface area contributed by atoms with Gasteiger partial charge in [-0.15, -0.1) is 26.7 Å². The molecule has 14 rings (SSSR count). The number of allylic oxidation sites excluding steroid dienone is 1. The SMILES string of the molecule is C=CC(=O)OCC.CC1CC(C=O)C1.CC1CC(CCC(=O)NN)C1.CC1CC(CCC(=O)NN)C1.CC1CC(CO)C1.CCOC(=O)/C=C/C1CC(C)C1.CCOC(=O)CCC1CC(C)C1.NC1CC(CCc2nnc([C@@H]3CC[C@@H]4CN3C(=O)N4OS(=O)(=O)O)o2)C1.NN.O.O=C(O)[C@@H]1CC[C@@H]2CN1C(=O)N2OCc1ccccc1.O=c1n(Cl)c(=O)n(Cl)c(=O)n1Cl. The van der Waals surface area contributed by atoms with Crippen LogP contribution in [0, 0.1) is 76.9 Å². The molecule has 3 aromatic rings. The highest BCUT2D eigenvalue weighted by Gasteiger charge is 2.50. The van der Waals surface area contributed by atoms with E-state index in [9.17, 15) is 66.0 Å². The Balaban J connectivity index is 0.000000377. The topological polar surface area (TPSA) is 598 Å². The van der Waals surface area contributed by atoms with Crippen LogP contribution in [-0.2, 0) is 80.3 Å². The third-order valence-electron chi connectivity index (χ3n) is 23.5. The zero-order valence-electron chi connectivity index (χ0n) is 75.1. The number of carbonyl (C=O) groups excluding carboxylic acids is 8. The first-order valence-corrected chi connectivity index (χ1v) is 46.2. The van der Waals surface area contributed by atoms with E-state index in [0.717, 1.165) is 123 Å². The van der Waals surface area contributed by atoms with E-state index < -0.39 is 57.6 Å². The van der Waals surface area contributed by atoms with Crippen molar-refractivity contribution in [3.05, 3.63) is 104 Å². The second-order valence-electron chi connectivity index (χ2n) is 34.4. The number of nitrogens with one attached hydrogen (secondary N) is 2. The standard InChI is InChI=1S/C14H21N5O6S.C14H16N2O4.C10H18O2.C10H16O2.2C8H16N2O.C6H12O.C6H10O.C5H8O2.C3Cl3N3O3.H4N2.H2O/c15-9-5-8(6-9)1-4-12-16-17-13(24-12)11-3-2-10-7-18(11)14(20)19(10)25-26(21,22)23;17-13(18)12-7-6-11-8-15(12)14(19)16(11)20-9-10-4-2-1-3-5-10;2*1-3-12-10(11)5-4-9-6-8(2)7-9;2*1-6-4-7(5-6)2-3-8(11)10-9;2*1-5-2-6(3-5)4-7;1-3-5(6)7-4-2;4-7-1(10)8(5)3(12)9(6)2(7)11;1-2;/h8-11H,1-7,15H2,(H,21,22,23);1-5,11-12H,6-9H2,(H,17,18);8-9H,3-7H2,1-2H3;4-5,8-9H,3,6-7H2,1-2H3;2*6-7H,2-5,9H2,1H3,(H,10,11);5-7H,2-4H2,1H3;4-6H,2-3H2,1H3;3H,1,4H2,2H3;;1-2H2;1H2/b;;;5-4+;;;;;;;;/t8?,9?,10-,11+;11-,12+;;;;;;;;;;/m11........../s1. The molecule has 17 N–H and O–H groups in total. The lowest BCUT2D eigenvalue weighted by Gasteiger charge is -2.32. The van der Waals surface area contributed by atoms with Crippen LogP contribution in [0.1, 0.15) is 246 Å². The summed E-state index contributed by atoms with van der Waals surface area (Å²) >= 11 is 15.3. The fourth-order valence-corrected chi connectivity index (χ4v) is 17.5. The highest BCUT2D eigenvalue weighted by Crippen LogP contribution is 2.42. The number of ether oxygens (including phenoxy) is 3. The number of nitrogens with zero attached hydrogens (tertiary/aromatic N) is 9. The number of hydrazine groups is 3. The number of piperidine rings is 2. The van der Waals surface area contributed by atoms with Gasteiger partial charge < -0.3 is 54.6 Å². The van der Waals surface area contributed by atoms with Crippen molar-refractivity contribution in [2.24, 2.45) is 106 Å². The summed E-state index contributed by atoms with van der Waals surface area (Å²) in [6, 6.07) is 7.29. The minimum Gasteiger partial charge on any atom is -0.480 e.